The van der Waals surface area contributed by atoms with E-state index in [1.165, 1.54) is 0 Å². The number of hydrogen-bond donors (Lipinski definition) is 2. The zero-order valence-electron chi connectivity index (χ0n) is 13.5. The lowest BCUT2D eigenvalue weighted by Crippen LogP contribution is -2.43. The lowest BCUT2D eigenvalue weighted by Gasteiger charge is -2.17. The molecule has 1 aromatic carbocycles. The summed E-state index contributed by atoms with van der Waals surface area (Å²) in [4.78, 5) is 4.20. The zero-order chi connectivity index (χ0) is 15.5. The Morgan fingerprint density at radius 3 is 2.86 bits per heavy atom. The molecule has 0 radical (unpaired) electrons. The number of nitrogens with one attached hydrogen (secondary N) is 2. The molecule has 21 heavy (non-hydrogen) atoms. The highest BCUT2D eigenvalue weighted by atomic mass is 16.5. The average molecular weight is 293 g/mol. The number of benzene rings is 1. The van der Waals surface area contributed by atoms with E-state index in [2.05, 4.69) is 41.6 Å². The number of ether oxygens (including phenoxy) is 2. The molecule has 0 aliphatic heterocycles. The van der Waals surface area contributed by atoms with E-state index < -0.39 is 0 Å². The smallest absolute Gasteiger partial charge is 0.191 e. The second kappa shape index (κ2) is 10.0. The van der Waals surface area contributed by atoms with Gasteiger partial charge in [0.05, 0.1) is 13.2 Å². The van der Waals surface area contributed by atoms with Crippen molar-refractivity contribution >= 4 is 5.96 Å². The highest BCUT2D eigenvalue weighted by Crippen LogP contribution is 2.13. The van der Waals surface area contributed by atoms with Gasteiger partial charge < -0.3 is 20.1 Å². The highest BCUT2D eigenvalue weighted by molar-refractivity contribution is 5.79. The molecule has 1 atom stereocenters. The maximum Gasteiger partial charge on any atom is 0.191 e. The van der Waals surface area contributed by atoms with E-state index in [9.17, 15) is 0 Å². The summed E-state index contributed by atoms with van der Waals surface area (Å²) >= 11 is 0. The van der Waals surface area contributed by atoms with Gasteiger partial charge in [0.15, 0.2) is 5.96 Å². The van der Waals surface area contributed by atoms with E-state index in [4.69, 9.17) is 9.47 Å². The van der Waals surface area contributed by atoms with Gasteiger partial charge in [-0.15, -0.1) is 0 Å². The SMILES string of the molecule is CCCOc1cccc(CNC(=NC)NC(C)COC)c1. The largest absolute Gasteiger partial charge is 0.494 e. The van der Waals surface area contributed by atoms with Crippen LogP contribution in [-0.4, -0.2) is 39.4 Å². The molecule has 2 N–H and O–H groups in total. The van der Waals surface area contributed by atoms with Crippen molar-refractivity contribution < 1.29 is 9.47 Å². The van der Waals surface area contributed by atoms with Crippen LogP contribution in [-0.2, 0) is 11.3 Å². The minimum absolute atomic E-state index is 0.209. The predicted octanol–water partition coefficient (Wildman–Crippen LogP) is 2.18. The molecule has 0 bridgehead atoms. The zero-order valence-corrected chi connectivity index (χ0v) is 13.5. The van der Waals surface area contributed by atoms with Gasteiger partial charge in [-0.2, -0.15) is 0 Å². The van der Waals surface area contributed by atoms with Gasteiger partial charge >= 0.3 is 0 Å². The Morgan fingerprint density at radius 1 is 1.38 bits per heavy atom. The first kappa shape index (κ1) is 17.3. The Labute approximate surface area is 127 Å². The Hall–Kier alpha value is -1.75. The fraction of sp³-hybridized carbons (Fsp3) is 0.562. The molecule has 0 amide bonds. The maximum absolute atomic E-state index is 5.64. The first-order valence-corrected chi connectivity index (χ1v) is 7.37. The van der Waals surface area contributed by atoms with E-state index in [1.54, 1.807) is 14.2 Å². The summed E-state index contributed by atoms with van der Waals surface area (Å²) in [6, 6.07) is 8.31. The summed E-state index contributed by atoms with van der Waals surface area (Å²) in [6.45, 7) is 6.23. The molecule has 1 aromatic rings. The van der Waals surface area contributed by atoms with Crippen molar-refractivity contribution in [2.24, 2.45) is 4.99 Å². The summed E-state index contributed by atoms with van der Waals surface area (Å²) in [7, 11) is 3.45. The van der Waals surface area contributed by atoms with E-state index in [0.717, 1.165) is 30.3 Å². The number of nitrogens with zero attached hydrogens (tertiary/aromatic N) is 1. The van der Waals surface area contributed by atoms with Crippen LogP contribution in [0, 0.1) is 0 Å². The number of guanidine groups is 1. The van der Waals surface area contributed by atoms with Crippen molar-refractivity contribution in [3.63, 3.8) is 0 Å². The summed E-state index contributed by atoms with van der Waals surface area (Å²) in [5, 5.41) is 6.56. The first-order valence-electron chi connectivity index (χ1n) is 7.37. The van der Waals surface area contributed by atoms with E-state index in [-0.39, 0.29) is 6.04 Å². The fourth-order valence-corrected chi connectivity index (χ4v) is 1.87. The van der Waals surface area contributed by atoms with Crippen molar-refractivity contribution in [3.05, 3.63) is 29.8 Å². The third-order valence-electron chi connectivity index (χ3n) is 2.85. The Kier molecular flexibility index (Phi) is 8.28. The van der Waals surface area contributed by atoms with Gasteiger partial charge in [-0.1, -0.05) is 19.1 Å². The predicted molar refractivity (Wildman–Crippen MR) is 86.9 cm³/mol. The van der Waals surface area contributed by atoms with E-state index in [0.29, 0.717) is 13.2 Å². The summed E-state index contributed by atoms with van der Waals surface area (Å²) in [6.07, 6.45) is 1.01. The molecule has 0 fully saturated rings. The fourth-order valence-electron chi connectivity index (χ4n) is 1.87. The minimum Gasteiger partial charge on any atom is -0.494 e. The molecule has 5 heteroatoms. The van der Waals surface area contributed by atoms with Crippen LogP contribution in [0.4, 0.5) is 0 Å². The third-order valence-corrected chi connectivity index (χ3v) is 2.85. The van der Waals surface area contributed by atoms with Gasteiger partial charge in [0.1, 0.15) is 5.75 Å². The van der Waals surface area contributed by atoms with Crippen LogP contribution in [0.15, 0.2) is 29.3 Å². The molecule has 0 aliphatic rings. The van der Waals surface area contributed by atoms with Crippen molar-refractivity contribution in [1.82, 2.24) is 10.6 Å². The second-order valence-electron chi connectivity index (χ2n) is 4.92. The molecule has 0 saturated heterocycles. The number of aliphatic imine (C=N–C) groups is 1. The van der Waals surface area contributed by atoms with Crippen LogP contribution in [0.3, 0.4) is 0 Å². The van der Waals surface area contributed by atoms with Crippen LogP contribution in [0.25, 0.3) is 0 Å². The molecule has 1 rings (SSSR count). The monoisotopic (exact) mass is 293 g/mol. The summed E-state index contributed by atoms with van der Waals surface area (Å²) < 4.78 is 10.7. The highest BCUT2D eigenvalue weighted by Gasteiger charge is 2.04. The van der Waals surface area contributed by atoms with E-state index in [1.807, 2.05) is 12.1 Å². The minimum atomic E-state index is 0.209. The van der Waals surface area contributed by atoms with Crippen molar-refractivity contribution in [3.8, 4) is 5.75 Å². The Bertz CT molecular complexity index is 435. The van der Waals surface area contributed by atoms with Crippen molar-refractivity contribution in [2.45, 2.75) is 32.9 Å². The third kappa shape index (κ3) is 6.99. The van der Waals surface area contributed by atoms with Gasteiger partial charge in [-0.3, -0.25) is 4.99 Å². The van der Waals surface area contributed by atoms with Crippen molar-refractivity contribution in [1.29, 1.82) is 0 Å². The Morgan fingerprint density at radius 2 is 2.19 bits per heavy atom. The molecule has 0 heterocycles. The standard InChI is InChI=1S/C16H27N3O2/c1-5-9-21-15-8-6-7-14(10-15)11-18-16(17-3)19-13(2)12-20-4/h6-8,10,13H,5,9,11-12H2,1-4H3,(H2,17,18,19). The summed E-state index contributed by atoms with van der Waals surface area (Å²) in [5.74, 6) is 1.67. The van der Waals surface area contributed by atoms with Gasteiger partial charge in [0.25, 0.3) is 0 Å². The second-order valence-corrected chi connectivity index (χ2v) is 4.92. The first-order chi connectivity index (χ1) is 10.2. The van der Waals surface area contributed by atoms with Crippen LogP contribution >= 0.6 is 0 Å². The molecule has 0 aromatic heterocycles. The quantitative estimate of drug-likeness (QED) is 0.570. The van der Waals surface area contributed by atoms with Crippen LogP contribution in [0.1, 0.15) is 25.8 Å². The van der Waals surface area contributed by atoms with Crippen molar-refractivity contribution in [2.75, 3.05) is 27.4 Å². The molecular formula is C16H27N3O2. The van der Waals surface area contributed by atoms with Crippen LogP contribution in [0.5, 0.6) is 5.75 Å². The van der Waals surface area contributed by atoms with Crippen LogP contribution in [0.2, 0.25) is 0 Å². The summed E-state index contributed by atoms with van der Waals surface area (Å²) in [5.41, 5.74) is 1.16. The molecular weight excluding hydrogens is 266 g/mol. The molecule has 5 nitrogen and oxygen atoms in total. The number of rotatable bonds is 8. The topological polar surface area (TPSA) is 54.9 Å². The molecule has 0 saturated carbocycles. The van der Waals surface area contributed by atoms with Crippen LogP contribution < -0.4 is 15.4 Å². The number of hydrogen-bond acceptors (Lipinski definition) is 3. The lowest BCUT2D eigenvalue weighted by molar-refractivity contribution is 0.179. The van der Waals surface area contributed by atoms with Gasteiger partial charge in [0.2, 0.25) is 0 Å². The number of methoxy groups -OCH3 is 1. The molecule has 118 valence electrons. The van der Waals surface area contributed by atoms with Gasteiger partial charge in [0, 0.05) is 26.7 Å². The maximum atomic E-state index is 5.64. The normalized spacial score (nSPS) is 12.9. The van der Waals surface area contributed by atoms with Gasteiger partial charge in [-0.05, 0) is 31.0 Å². The molecule has 1 unspecified atom stereocenters. The lowest BCUT2D eigenvalue weighted by atomic mass is 10.2. The van der Waals surface area contributed by atoms with E-state index >= 15 is 0 Å². The molecule has 0 spiro atoms. The molecule has 0 aliphatic carbocycles. The average Bonchev–Trinajstić information content (AvgIpc) is 2.50. The Balaban J connectivity index is 2.49. The van der Waals surface area contributed by atoms with Gasteiger partial charge in [-0.25, -0.2) is 0 Å².